The van der Waals surface area contributed by atoms with Crippen molar-refractivity contribution in [1.29, 1.82) is 0 Å². The molecule has 0 saturated carbocycles. The van der Waals surface area contributed by atoms with Gasteiger partial charge in [0.05, 0.1) is 11.1 Å². The molecule has 0 aromatic heterocycles. The number of rotatable bonds is 12. The fraction of sp³-hybridized carbons (Fsp3) is 0.120. The van der Waals surface area contributed by atoms with Crippen LogP contribution in [0.4, 0.5) is 0 Å². The van der Waals surface area contributed by atoms with E-state index in [1.807, 2.05) is 0 Å². The highest BCUT2D eigenvalue weighted by Gasteiger charge is 2.27. The lowest BCUT2D eigenvalue weighted by Gasteiger charge is -2.16. The number of aromatic carboxylic acids is 1. The van der Waals surface area contributed by atoms with Crippen LogP contribution in [0.1, 0.15) is 41.4 Å². The molecule has 34 heavy (non-hydrogen) atoms. The number of hydrogen-bond donors (Lipinski definition) is 1. The molecule has 0 spiro atoms. The van der Waals surface area contributed by atoms with Crippen LogP contribution in [0.5, 0.6) is 11.5 Å². The molecule has 0 unspecified atom stereocenters. The quantitative estimate of drug-likeness (QED) is 0.278. The number of esters is 3. The zero-order chi connectivity index (χ0) is 25.1. The van der Waals surface area contributed by atoms with Gasteiger partial charge in [-0.05, 0) is 24.3 Å². The summed E-state index contributed by atoms with van der Waals surface area (Å²) in [7, 11) is 0. The lowest BCUT2D eigenvalue weighted by Crippen LogP contribution is -2.16. The smallest absolute Gasteiger partial charge is 0.343 e. The van der Waals surface area contributed by atoms with E-state index in [0.29, 0.717) is 0 Å². The molecular formula is C25H22O9. The number of benzene rings is 2. The fourth-order valence-electron chi connectivity index (χ4n) is 2.75. The summed E-state index contributed by atoms with van der Waals surface area (Å²) < 4.78 is 20.8. The van der Waals surface area contributed by atoms with Crippen LogP contribution in [0.25, 0.3) is 0 Å². The van der Waals surface area contributed by atoms with Crippen LogP contribution in [-0.2, 0) is 14.2 Å². The maximum Gasteiger partial charge on any atom is 0.343 e. The van der Waals surface area contributed by atoms with Crippen molar-refractivity contribution in [3.05, 3.63) is 96.6 Å². The van der Waals surface area contributed by atoms with E-state index in [1.54, 1.807) is 0 Å². The van der Waals surface area contributed by atoms with Gasteiger partial charge in [-0.1, -0.05) is 50.1 Å². The van der Waals surface area contributed by atoms with Crippen molar-refractivity contribution in [2.75, 3.05) is 19.8 Å². The molecule has 2 aromatic rings. The minimum Gasteiger partial charge on any atom is -0.478 e. The van der Waals surface area contributed by atoms with E-state index in [-0.39, 0.29) is 48.0 Å². The van der Waals surface area contributed by atoms with E-state index in [9.17, 15) is 24.3 Å². The summed E-state index contributed by atoms with van der Waals surface area (Å²) >= 11 is 0. The first kappa shape index (κ1) is 25.6. The minimum absolute atomic E-state index is 0.108. The van der Waals surface area contributed by atoms with Crippen LogP contribution in [-0.4, -0.2) is 48.8 Å². The molecule has 0 saturated heterocycles. The third kappa shape index (κ3) is 6.19. The third-order valence-corrected chi connectivity index (χ3v) is 4.13. The van der Waals surface area contributed by atoms with Gasteiger partial charge in [-0.15, -0.1) is 0 Å². The molecule has 0 radical (unpaired) electrons. The van der Waals surface area contributed by atoms with E-state index in [1.165, 1.54) is 54.6 Å². The molecule has 1 N–H and O–H groups in total. The second-order valence-corrected chi connectivity index (χ2v) is 6.43. The van der Waals surface area contributed by atoms with Gasteiger partial charge in [-0.25, -0.2) is 19.2 Å². The van der Waals surface area contributed by atoms with E-state index >= 15 is 0 Å². The van der Waals surface area contributed by atoms with E-state index in [0.717, 1.165) is 0 Å². The molecule has 0 fully saturated rings. The van der Waals surface area contributed by atoms with E-state index in [2.05, 4.69) is 19.7 Å². The Bertz CT molecular complexity index is 1130. The topological polar surface area (TPSA) is 125 Å². The van der Waals surface area contributed by atoms with Crippen LogP contribution in [0, 0.1) is 0 Å². The second kappa shape index (κ2) is 12.4. The van der Waals surface area contributed by atoms with Crippen LogP contribution in [0.15, 0.2) is 74.4 Å². The maximum atomic E-state index is 12.7. The van der Waals surface area contributed by atoms with Gasteiger partial charge in [0.25, 0.3) is 0 Å². The monoisotopic (exact) mass is 466 g/mol. The summed E-state index contributed by atoms with van der Waals surface area (Å²) in [5.74, 6) is -4.62. The van der Waals surface area contributed by atoms with Crippen molar-refractivity contribution < 1.29 is 43.2 Å². The zero-order valence-corrected chi connectivity index (χ0v) is 18.2. The largest absolute Gasteiger partial charge is 0.478 e. The van der Waals surface area contributed by atoms with Crippen molar-refractivity contribution in [3.8, 4) is 11.5 Å². The highest BCUT2D eigenvalue weighted by atomic mass is 16.5. The Balaban J connectivity index is 2.60. The van der Waals surface area contributed by atoms with Crippen molar-refractivity contribution >= 4 is 23.9 Å². The second-order valence-electron chi connectivity index (χ2n) is 6.43. The average molecular weight is 466 g/mol. The zero-order valence-electron chi connectivity index (χ0n) is 18.2. The van der Waals surface area contributed by atoms with Gasteiger partial charge in [0.2, 0.25) is 0 Å². The predicted molar refractivity (Wildman–Crippen MR) is 121 cm³/mol. The first-order valence-corrected chi connectivity index (χ1v) is 9.86. The van der Waals surface area contributed by atoms with Crippen LogP contribution in [0.2, 0.25) is 0 Å². The summed E-state index contributed by atoms with van der Waals surface area (Å²) in [5, 5.41) is 9.74. The van der Waals surface area contributed by atoms with Crippen LogP contribution >= 0.6 is 0 Å². The number of carboxylic acid groups (broad SMARTS) is 1. The third-order valence-electron chi connectivity index (χ3n) is 4.13. The number of carboxylic acids is 1. The minimum atomic E-state index is -1.47. The Hall–Kier alpha value is -4.66. The number of hydrogen-bond acceptors (Lipinski definition) is 8. The summed E-state index contributed by atoms with van der Waals surface area (Å²) in [6.45, 7) is 9.97. The van der Waals surface area contributed by atoms with E-state index in [4.69, 9.17) is 18.9 Å². The molecule has 0 aliphatic heterocycles. The first-order valence-electron chi connectivity index (χ1n) is 9.86. The highest BCUT2D eigenvalue weighted by molar-refractivity contribution is 6.06. The molecule has 0 atom stereocenters. The van der Waals surface area contributed by atoms with Crippen molar-refractivity contribution in [2.45, 2.75) is 0 Å². The van der Waals surface area contributed by atoms with Gasteiger partial charge in [0.15, 0.2) is 0 Å². The van der Waals surface area contributed by atoms with Crippen molar-refractivity contribution in [1.82, 2.24) is 0 Å². The summed E-state index contributed by atoms with van der Waals surface area (Å²) in [4.78, 5) is 49.6. The molecule has 0 amide bonds. The standard InChI is InChI=1S/C25H22O9/c1-4-13-31-23(28)16-9-7-11-18(20(16)22(26)27)34-19-12-8-10-17(24(29)32-14-5-2)21(19)25(30)33-15-6-3/h4-12H,1-3,13-15H2,(H,26,27). The molecule has 2 rings (SSSR count). The van der Waals surface area contributed by atoms with Gasteiger partial charge < -0.3 is 24.1 Å². The van der Waals surface area contributed by atoms with Gasteiger partial charge in [-0.3, -0.25) is 0 Å². The van der Waals surface area contributed by atoms with Gasteiger partial charge in [0.1, 0.15) is 42.4 Å². The van der Waals surface area contributed by atoms with Crippen LogP contribution in [0.3, 0.4) is 0 Å². The van der Waals surface area contributed by atoms with Gasteiger partial charge >= 0.3 is 23.9 Å². The van der Waals surface area contributed by atoms with Crippen LogP contribution < -0.4 is 4.74 Å². The highest BCUT2D eigenvalue weighted by Crippen LogP contribution is 2.33. The average Bonchev–Trinajstić information content (AvgIpc) is 2.83. The van der Waals surface area contributed by atoms with E-state index < -0.39 is 29.4 Å². The Morgan fingerprint density at radius 2 is 1.09 bits per heavy atom. The Morgan fingerprint density at radius 1 is 0.676 bits per heavy atom. The molecule has 0 heterocycles. The van der Waals surface area contributed by atoms with Gasteiger partial charge in [-0.2, -0.15) is 0 Å². The number of carbonyl (C=O) groups is 4. The molecule has 176 valence electrons. The Kier molecular flexibility index (Phi) is 9.33. The first-order chi connectivity index (χ1) is 16.3. The lowest BCUT2D eigenvalue weighted by atomic mass is 10.0. The molecule has 9 heteroatoms. The molecule has 0 aliphatic carbocycles. The Morgan fingerprint density at radius 3 is 1.53 bits per heavy atom. The number of ether oxygens (including phenoxy) is 4. The van der Waals surface area contributed by atoms with Crippen molar-refractivity contribution in [3.63, 3.8) is 0 Å². The van der Waals surface area contributed by atoms with Crippen molar-refractivity contribution in [2.24, 2.45) is 0 Å². The predicted octanol–water partition coefficient (Wildman–Crippen LogP) is 4.21. The molecule has 0 aliphatic rings. The molecule has 9 nitrogen and oxygen atoms in total. The summed E-state index contributed by atoms with van der Waals surface area (Å²) in [5.41, 5.74) is -1.24. The van der Waals surface area contributed by atoms with Gasteiger partial charge in [0, 0.05) is 0 Å². The maximum absolute atomic E-state index is 12.7. The molecular weight excluding hydrogens is 444 g/mol. The molecule has 0 bridgehead atoms. The SMILES string of the molecule is C=CCOC(=O)c1cccc(Oc2cccc(C(=O)OCC=C)c2C(=O)OCC=C)c1C(=O)O. The summed E-state index contributed by atoms with van der Waals surface area (Å²) in [6.07, 6.45) is 4.01. The number of carbonyl (C=O) groups excluding carboxylic acids is 3. The normalized spacial score (nSPS) is 9.88. The lowest BCUT2D eigenvalue weighted by molar-refractivity contribution is 0.0500. The molecule has 2 aromatic carbocycles. The Labute approximate surface area is 195 Å². The summed E-state index contributed by atoms with van der Waals surface area (Å²) in [6, 6.07) is 7.99. The fourth-order valence-corrected chi connectivity index (χ4v) is 2.75.